The summed E-state index contributed by atoms with van der Waals surface area (Å²) < 4.78 is 10.4. The average Bonchev–Trinajstić information content (AvgIpc) is 3.03. The monoisotopic (exact) mass is 332 g/mol. The van der Waals surface area contributed by atoms with Crippen molar-refractivity contribution in [3.05, 3.63) is 53.5 Å². The van der Waals surface area contributed by atoms with Crippen molar-refractivity contribution in [1.29, 1.82) is 0 Å². The van der Waals surface area contributed by atoms with Gasteiger partial charge in [-0.3, -0.25) is 9.59 Å². The first-order chi connectivity index (χ1) is 11.5. The first-order valence-electron chi connectivity index (χ1n) is 7.43. The summed E-state index contributed by atoms with van der Waals surface area (Å²) in [6, 6.07) is 10.5. The second kappa shape index (κ2) is 8.16. The first-order valence-corrected chi connectivity index (χ1v) is 7.43. The first kappa shape index (κ1) is 17.6. The van der Waals surface area contributed by atoms with E-state index in [0.717, 1.165) is 5.56 Å². The molecule has 1 aromatic heterocycles. The molecule has 2 amide bonds. The molecule has 3 N–H and O–H groups in total. The van der Waals surface area contributed by atoms with Gasteiger partial charge in [-0.2, -0.15) is 0 Å². The van der Waals surface area contributed by atoms with Crippen LogP contribution < -0.4 is 15.4 Å². The molecular weight excluding hydrogens is 312 g/mol. The summed E-state index contributed by atoms with van der Waals surface area (Å²) in [6.45, 7) is 1.80. The number of hydrogen-bond acceptors (Lipinski definition) is 5. The molecule has 1 aromatic carbocycles. The predicted octanol–water partition coefficient (Wildman–Crippen LogP) is 1.06. The number of nitrogens with one attached hydrogen (secondary N) is 2. The molecule has 128 valence electrons. The second-order valence-electron chi connectivity index (χ2n) is 5.17. The summed E-state index contributed by atoms with van der Waals surface area (Å²) in [4.78, 5) is 23.6. The third kappa shape index (κ3) is 4.60. The Balaban J connectivity index is 1.81. The van der Waals surface area contributed by atoms with Crippen LogP contribution in [0.1, 0.15) is 23.2 Å². The van der Waals surface area contributed by atoms with E-state index in [9.17, 15) is 14.7 Å². The van der Waals surface area contributed by atoms with Crippen LogP contribution in [0.25, 0.3) is 0 Å². The highest BCUT2D eigenvalue weighted by Gasteiger charge is 2.17. The Bertz CT molecular complexity index is 711. The zero-order chi connectivity index (χ0) is 17.5. The third-order valence-corrected chi connectivity index (χ3v) is 3.38. The van der Waals surface area contributed by atoms with Gasteiger partial charge in [-0.05, 0) is 25.1 Å². The van der Waals surface area contributed by atoms with Crippen LogP contribution >= 0.6 is 0 Å². The molecule has 0 aliphatic heterocycles. The summed E-state index contributed by atoms with van der Waals surface area (Å²) in [5, 5.41) is 14.8. The highest BCUT2D eigenvalue weighted by Crippen LogP contribution is 2.17. The Kier molecular flexibility index (Phi) is 5.97. The van der Waals surface area contributed by atoms with Crippen LogP contribution in [0.5, 0.6) is 5.75 Å². The smallest absolute Gasteiger partial charge is 0.309 e. The molecule has 0 fully saturated rings. The van der Waals surface area contributed by atoms with Crippen LogP contribution in [0, 0.1) is 6.92 Å². The number of aryl methyl sites for hydroxylation is 1. The van der Waals surface area contributed by atoms with Crippen molar-refractivity contribution in [3.63, 3.8) is 0 Å². The molecule has 1 atom stereocenters. The van der Waals surface area contributed by atoms with Crippen LogP contribution in [0.15, 0.2) is 40.8 Å². The van der Waals surface area contributed by atoms with E-state index in [0.29, 0.717) is 17.3 Å². The molecule has 0 saturated carbocycles. The van der Waals surface area contributed by atoms with Crippen LogP contribution in [0.3, 0.4) is 0 Å². The lowest BCUT2D eigenvalue weighted by Crippen LogP contribution is -2.41. The van der Waals surface area contributed by atoms with Crippen molar-refractivity contribution >= 4 is 11.8 Å². The lowest BCUT2D eigenvalue weighted by molar-refractivity contribution is -0.139. The van der Waals surface area contributed by atoms with Crippen molar-refractivity contribution in [3.8, 4) is 5.75 Å². The van der Waals surface area contributed by atoms with Crippen molar-refractivity contribution in [2.75, 3.05) is 13.7 Å². The van der Waals surface area contributed by atoms with Gasteiger partial charge in [-0.25, -0.2) is 0 Å². The molecule has 0 saturated heterocycles. The Morgan fingerprint density at radius 2 is 1.88 bits per heavy atom. The lowest BCUT2D eigenvalue weighted by atomic mass is 10.2. The molecule has 0 bridgehead atoms. The van der Waals surface area contributed by atoms with Gasteiger partial charge in [-0.1, -0.05) is 18.2 Å². The van der Waals surface area contributed by atoms with Gasteiger partial charge in [0.25, 0.3) is 0 Å². The van der Waals surface area contributed by atoms with Gasteiger partial charge in [0.05, 0.1) is 13.7 Å². The molecular formula is C17H20N2O5. The maximum absolute atomic E-state index is 11.8. The van der Waals surface area contributed by atoms with Gasteiger partial charge in [0.15, 0.2) is 0 Å². The molecule has 1 heterocycles. The van der Waals surface area contributed by atoms with E-state index >= 15 is 0 Å². The van der Waals surface area contributed by atoms with E-state index in [4.69, 9.17) is 9.15 Å². The van der Waals surface area contributed by atoms with Gasteiger partial charge in [0, 0.05) is 12.1 Å². The number of carbonyl (C=O) groups excluding carboxylic acids is 2. The number of methoxy groups -OCH3 is 1. The number of ether oxygens (including phenoxy) is 1. The quantitative estimate of drug-likeness (QED) is 0.687. The number of aliphatic hydroxyl groups is 1. The molecule has 2 rings (SSSR count). The number of amides is 2. The number of furan rings is 1. The molecule has 0 unspecified atom stereocenters. The average molecular weight is 332 g/mol. The topological polar surface area (TPSA) is 101 Å². The van der Waals surface area contributed by atoms with Gasteiger partial charge in [0.1, 0.15) is 23.4 Å². The zero-order valence-electron chi connectivity index (χ0n) is 13.5. The molecule has 0 aliphatic carbocycles. The van der Waals surface area contributed by atoms with E-state index in [-0.39, 0.29) is 13.1 Å². The number of aliphatic hydroxyl groups excluding tert-OH is 1. The SMILES string of the molecule is COc1ccccc1CNC(=O)C(=O)NC[C@H](O)c1ccc(C)o1. The highest BCUT2D eigenvalue weighted by atomic mass is 16.5. The Morgan fingerprint density at radius 3 is 2.54 bits per heavy atom. The maximum atomic E-state index is 11.8. The van der Waals surface area contributed by atoms with E-state index in [1.165, 1.54) is 7.11 Å². The fourth-order valence-electron chi connectivity index (χ4n) is 2.11. The minimum atomic E-state index is -1.01. The van der Waals surface area contributed by atoms with E-state index in [1.54, 1.807) is 31.2 Å². The van der Waals surface area contributed by atoms with Crippen LogP contribution in [0.4, 0.5) is 0 Å². The fourth-order valence-corrected chi connectivity index (χ4v) is 2.11. The highest BCUT2D eigenvalue weighted by molar-refractivity contribution is 6.35. The van der Waals surface area contributed by atoms with E-state index < -0.39 is 17.9 Å². The summed E-state index contributed by atoms with van der Waals surface area (Å²) in [5.41, 5.74) is 0.757. The molecule has 7 nitrogen and oxygen atoms in total. The largest absolute Gasteiger partial charge is 0.496 e. The van der Waals surface area contributed by atoms with Crippen LogP contribution in [0.2, 0.25) is 0 Å². The fraction of sp³-hybridized carbons (Fsp3) is 0.294. The van der Waals surface area contributed by atoms with Crippen molar-refractivity contribution < 1.29 is 23.8 Å². The summed E-state index contributed by atoms with van der Waals surface area (Å²) in [6.07, 6.45) is -1.01. The molecule has 7 heteroatoms. The number of carbonyl (C=O) groups is 2. The number of rotatable bonds is 6. The van der Waals surface area contributed by atoms with Crippen molar-refractivity contribution in [2.24, 2.45) is 0 Å². The van der Waals surface area contributed by atoms with Crippen molar-refractivity contribution in [2.45, 2.75) is 19.6 Å². The number of para-hydroxylation sites is 1. The minimum absolute atomic E-state index is 0.117. The summed E-state index contributed by atoms with van der Waals surface area (Å²) in [5.74, 6) is 0.00457. The Labute approximate surface area is 139 Å². The normalized spacial score (nSPS) is 11.6. The number of benzene rings is 1. The summed E-state index contributed by atoms with van der Waals surface area (Å²) in [7, 11) is 1.53. The van der Waals surface area contributed by atoms with Gasteiger partial charge in [-0.15, -0.1) is 0 Å². The van der Waals surface area contributed by atoms with Gasteiger partial charge in [0.2, 0.25) is 0 Å². The molecule has 0 aliphatic rings. The standard InChI is InChI=1S/C17H20N2O5/c1-11-7-8-15(24-11)13(20)10-19-17(22)16(21)18-9-12-5-3-4-6-14(12)23-2/h3-8,13,20H,9-10H2,1-2H3,(H,18,21)(H,19,22)/t13-/m0/s1. The van der Waals surface area contributed by atoms with E-state index in [1.807, 2.05) is 12.1 Å². The molecule has 0 spiro atoms. The van der Waals surface area contributed by atoms with Crippen molar-refractivity contribution in [1.82, 2.24) is 10.6 Å². The minimum Gasteiger partial charge on any atom is -0.496 e. The second-order valence-corrected chi connectivity index (χ2v) is 5.17. The lowest BCUT2D eigenvalue weighted by Gasteiger charge is -2.11. The third-order valence-electron chi connectivity index (χ3n) is 3.38. The summed E-state index contributed by atoms with van der Waals surface area (Å²) >= 11 is 0. The zero-order valence-corrected chi connectivity index (χ0v) is 13.5. The van der Waals surface area contributed by atoms with Crippen LogP contribution in [-0.2, 0) is 16.1 Å². The van der Waals surface area contributed by atoms with E-state index in [2.05, 4.69) is 10.6 Å². The van der Waals surface area contributed by atoms with Crippen LogP contribution in [-0.4, -0.2) is 30.6 Å². The van der Waals surface area contributed by atoms with Gasteiger partial charge >= 0.3 is 11.8 Å². The molecule has 0 radical (unpaired) electrons. The number of hydrogen-bond donors (Lipinski definition) is 3. The predicted molar refractivity (Wildman–Crippen MR) is 86.3 cm³/mol. The molecule has 24 heavy (non-hydrogen) atoms. The maximum Gasteiger partial charge on any atom is 0.309 e. The van der Waals surface area contributed by atoms with Gasteiger partial charge < -0.3 is 24.9 Å². The Hall–Kier alpha value is -2.80. The molecule has 2 aromatic rings. The Morgan fingerprint density at radius 1 is 1.17 bits per heavy atom.